The van der Waals surface area contributed by atoms with Gasteiger partial charge in [-0.15, -0.1) is 0 Å². The molecule has 5 rings (SSSR count). The highest BCUT2D eigenvalue weighted by Crippen LogP contribution is 2.46. The molecule has 2 aromatic rings. The van der Waals surface area contributed by atoms with Crippen molar-refractivity contribution in [2.75, 3.05) is 13.1 Å². The lowest BCUT2D eigenvalue weighted by Crippen LogP contribution is -2.59. The van der Waals surface area contributed by atoms with Crippen molar-refractivity contribution in [3.63, 3.8) is 0 Å². The second-order valence-corrected chi connectivity index (χ2v) is 17.6. The van der Waals surface area contributed by atoms with Crippen molar-refractivity contribution in [2.24, 2.45) is 5.41 Å². The third kappa shape index (κ3) is 7.51. The first kappa shape index (κ1) is 35.3. The molecule has 1 saturated heterocycles. The van der Waals surface area contributed by atoms with Crippen LogP contribution in [0, 0.1) is 11.2 Å². The lowest BCUT2D eigenvalue weighted by atomic mass is 9.76. The van der Waals surface area contributed by atoms with Gasteiger partial charge in [-0.2, -0.15) is 0 Å². The van der Waals surface area contributed by atoms with Crippen LogP contribution in [0.5, 0.6) is 5.75 Å². The zero-order valence-corrected chi connectivity index (χ0v) is 29.2. The third-order valence-corrected chi connectivity index (χ3v) is 11.9. The lowest BCUT2D eigenvalue weighted by molar-refractivity contribution is -0.137. The molecule has 0 aromatic heterocycles. The van der Waals surface area contributed by atoms with Gasteiger partial charge in [0.2, 0.25) is 21.6 Å². The van der Waals surface area contributed by atoms with Crippen molar-refractivity contribution in [3.05, 3.63) is 53.3 Å². The number of piperidine rings is 1. The molecule has 2 saturated carbocycles. The molecule has 2 aliphatic carbocycles. The first-order valence-corrected chi connectivity index (χ1v) is 18.3. The molecule has 2 amide bonds. The molecule has 258 valence electrons. The Bertz CT molecular complexity index is 1620. The molecule has 1 aliphatic heterocycles. The molecule has 11 heteroatoms. The van der Waals surface area contributed by atoms with Crippen molar-refractivity contribution in [1.82, 2.24) is 15.4 Å². The van der Waals surface area contributed by atoms with Gasteiger partial charge in [-0.25, -0.2) is 17.2 Å². The van der Waals surface area contributed by atoms with Gasteiger partial charge >= 0.3 is 0 Å². The average molecular weight is 674 g/mol. The molecular weight excluding hydrogens is 624 g/mol. The van der Waals surface area contributed by atoms with E-state index in [0.717, 1.165) is 19.3 Å². The summed E-state index contributed by atoms with van der Waals surface area (Å²) in [6, 6.07) is 10.0. The topological polar surface area (TPSA) is 114 Å². The Morgan fingerprint density at radius 1 is 1.04 bits per heavy atom. The molecule has 1 heterocycles. The summed E-state index contributed by atoms with van der Waals surface area (Å²) in [5, 5.41) is 5.20. The normalized spacial score (nSPS) is 24.9. The van der Waals surface area contributed by atoms with Crippen molar-refractivity contribution in [3.8, 4) is 16.9 Å². The molecule has 3 aliphatic rings. The van der Waals surface area contributed by atoms with E-state index < -0.39 is 38.2 Å². The van der Waals surface area contributed by atoms with Crippen LogP contribution in [-0.2, 0) is 25.0 Å². The van der Waals surface area contributed by atoms with E-state index in [-0.39, 0.29) is 42.3 Å². The fourth-order valence-electron chi connectivity index (χ4n) is 6.94. The van der Waals surface area contributed by atoms with Crippen molar-refractivity contribution >= 4 is 21.8 Å². The van der Waals surface area contributed by atoms with Gasteiger partial charge < -0.3 is 15.4 Å². The van der Waals surface area contributed by atoms with E-state index in [1.54, 1.807) is 38.1 Å². The van der Waals surface area contributed by atoms with Gasteiger partial charge in [0.1, 0.15) is 17.7 Å². The van der Waals surface area contributed by atoms with Crippen molar-refractivity contribution in [2.45, 2.75) is 121 Å². The average Bonchev–Trinajstić information content (AvgIpc) is 3.38. The molecule has 0 unspecified atom stereocenters. The summed E-state index contributed by atoms with van der Waals surface area (Å²) < 4.78 is 65.0. The molecule has 3 atom stereocenters. The third-order valence-electron chi connectivity index (χ3n) is 10.2. The summed E-state index contributed by atoms with van der Waals surface area (Å²) in [7, 11) is -3.86. The number of hydrogen-bond acceptors (Lipinski definition) is 6. The van der Waals surface area contributed by atoms with Crippen LogP contribution in [0.1, 0.15) is 104 Å². The van der Waals surface area contributed by atoms with Crippen LogP contribution in [0.4, 0.5) is 8.78 Å². The first-order valence-electron chi connectivity index (χ1n) is 16.8. The number of ether oxygens (including phenoxy) is 1. The van der Waals surface area contributed by atoms with E-state index >= 15 is 8.78 Å². The summed E-state index contributed by atoms with van der Waals surface area (Å²) in [6.45, 7) is 10.8. The maximum Gasteiger partial charge on any atom is 0.259 e. The van der Waals surface area contributed by atoms with E-state index in [0.29, 0.717) is 53.8 Å². The SMILES string of the molecule is CC(C)S(=O)(=O)NC(=O)C(C)(C)c1ccc(O[C@@H]2CC[C@@H](NC(=O)[C@@]3(F)CNCC(C)(C)C3)C2)c(-c2cccc(F)c2C2CCC2)c1. The van der Waals surface area contributed by atoms with Gasteiger partial charge in [-0.05, 0) is 106 Å². The zero-order valence-electron chi connectivity index (χ0n) is 28.3. The van der Waals surface area contributed by atoms with Crippen LogP contribution in [0.2, 0.25) is 0 Å². The molecule has 47 heavy (non-hydrogen) atoms. The maximum atomic E-state index is 15.7. The molecule has 8 nitrogen and oxygen atoms in total. The van der Waals surface area contributed by atoms with Gasteiger partial charge in [0.05, 0.1) is 10.7 Å². The highest BCUT2D eigenvalue weighted by molar-refractivity contribution is 7.90. The van der Waals surface area contributed by atoms with Gasteiger partial charge in [0.15, 0.2) is 0 Å². The Hall–Kier alpha value is -3.05. The molecule has 0 bridgehead atoms. The number of sulfonamides is 1. The van der Waals surface area contributed by atoms with Gasteiger partial charge in [-0.1, -0.05) is 38.5 Å². The van der Waals surface area contributed by atoms with Crippen LogP contribution >= 0.6 is 0 Å². The second-order valence-electron chi connectivity index (χ2n) is 15.3. The zero-order chi connectivity index (χ0) is 34.4. The van der Waals surface area contributed by atoms with Crippen LogP contribution in [0.3, 0.4) is 0 Å². The van der Waals surface area contributed by atoms with E-state index in [1.807, 2.05) is 19.9 Å². The predicted octanol–water partition coefficient (Wildman–Crippen LogP) is 6.04. The summed E-state index contributed by atoms with van der Waals surface area (Å²) in [5.41, 5.74) is -1.11. The molecule has 3 N–H and O–H groups in total. The molecule has 3 fully saturated rings. The Morgan fingerprint density at radius 2 is 1.77 bits per heavy atom. The summed E-state index contributed by atoms with van der Waals surface area (Å²) in [4.78, 5) is 26.4. The second kappa shape index (κ2) is 13.1. The molecule has 0 radical (unpaired) electrons. The van der Waals surface area contributed by atoms with Crippen LogP contribution in [0.25, 0.3) is 11.1 Å². The van der Waals surface area contributed by atoms with E-state index in [1.165, 1.54) is 19.9 Å². The highest BCUT2D eigenvalue weighted by atomic mass is 32.2. The number of alkyl halides is 1. The summed E-state index contributed by atoms with van der Waals surface area (Å²) in [6.07, 6.45) is 4.37. The molecule has 2 aromatic carbocycles. The largest absolute Gasteiger partial charge is 0.490 e. The first-order chi connectivity index (χ1) is 21.9. The number of benzene rings is 2. The van der Waals surface area contributed by atoms with Gasteiger partial charge in [0.25, 0.3) is 5.91 Å². The minimum Gasteiger partial charge on any atom is -0.490 e. The Kier molecular flexibility index (Phi) is 9.83. The van der Waals surface area contributed by atoms with E-state index in [4.69, 9.17) is 4.74 Å². The minimum absolute atomic E-state index is 0.0145. The smallest absolute Gasteiger partial charge is 0.259 e. The number of halogens is 2. The standard InChI is InChI=1S/C36H49F2N3O5S/c1-22(2)47(44,45)41-32(42)35(5,6)24-13-16-30(28(17-24)27-11-8-12-29(37)31(27)23-9-7-10-23)46-26-15-14-25(18-26)40-33(43)36(38)19-34(3,4)20-39-21-36/h8,11-13,16-17,22-23,25-26,39H,7,9-10,14-15,18-21H2,1-6H3,(H,40,43)(H,41,42)/t25-,26-,36+/m1/s1. The molecule has 0 spiro atoms. The predicted molar refractivity (Wildman–Crippen MR) is 179 cm³/mol. The van der Waals surface area contributed by atoms with Crippen LogP contribution in [-0.4, -0.2) is 56.4 Å². The monoisotopic (exact) mass is 673 g/mol. The quantitative estimate of drug-likeness (QED) is 0.284. The number of carbonyl (C=O) groups is 2. The Balaban J connectivity index is 1.42. The fourth-order valence-corrected chi connectivity index (χ4v) is 7.69. The Morgan fingerprint density at radius 3 is 2.40 bits per heavy atom. The van der Waals surface area contributed by atoms with Crippen molar-refractivity contribution < 1.29 is 31.5 Å². The van der Waals surface area contributed by atoms with Crippen molar-refractivity contribution in [1.29, 1.82) is 0 Å². The fraction of sp³-hybridized carbons (Fsp3) is 0.611. The number of carbonyl (C=O) groups excluding carboxylic acids is 2. The Labute approximate surface area is 277 Å². The number of rotatable bonds is 10. The highest BCUT2D eigenvalue weighted by Gasteiger charge is 2.47. The summed E-state index contributed by atoms with van der Waals surface area (Å²) >= 11 is 0. The maximum absolute atomic E-state index is 15.7. The lowest BCUT2D eigenvalue weighted by Gasteiger charge is -2.39. The van der Waals surface area contributed by atoms with E-state index in [2.05, 4.69) is 15.4 Å². The van der Waals surface area contributed by atoms with Gasteiger partial charge in [0, 0.05) is 31.1 Å². The number of nitrogens with one attached hydrogen (secondary N) is 3. The van der Waals surface area contributed by atoms with Crippen LogP contribution in [0.15, 0.2) is 36.4 Å². The number of amides is 2. The molecular formula is C36H49F2N3O5S. The van der Waals surface area contributed by atoms with E-state index in [9.17, 15) is 18.0 Å². The number of hydrogen-bond donors (Lipinski definition) is 3. The minimum atomic E-state index is -3.86. The summed E-state index contributed by atoms with van der Waals surface area (Å²) in [5.74, 6) is -0.997. The van der Waals surface area contributed by atoms with Gasteiger partial charge in [-0.3, -0.25) is 14.3 Å². The van der Waals surface area contributed by atoms with Crippen LogP contribution < -0.4 is 20.1 Å².